The highest BCUT2D eigenvalue weighted by molar-refractivity contribution is 5.76. The second kappa shape index (κ2) is 4.47. The molecule has 0 radical (unpaired) electrons. The molecular formula is C14H9F4N3. The van der Waals surface area contributed by atoms with E-state index in [1.165, 1.54) is 40.9 Å². The number of pyridine rings is 1. The standard InChI is InChI=1S/C14H9F4N3/c15-9-5-3-8(4-6-9)11-12(19)21-7-1-2-10(13(21)20-11)14(16,17)18/h1-7H,19H2. The van der Waals surface area contributed by atoms with Crippen LogP contribution in [-0.2, 0) is 6.18 Å². The molecule has 0 unspecified atom stereocenters. The lowest BCUT2D eigenvalue weighted by molar-refractivity contribution is -0.136. The van der Waals surface area contributed by atoms with Crippen molar-refractivity contribution in [1.82, 2.24) is 9.38 Å². The summed E-state index contributed by atoms with van der Waals surface area (Å²) < 4.78 is 53.0. The largest absolute Gasteiger partial charge is 0.419 e. The third-order valence-corrected chi connectivity index (χ3v) is 3.11. The monoisotopic (exact) mass is 295 g/mol. The number of imidazole rings is 1. The summed E-state index contributed by atoms with van der Waals surface area (Å²) in [6, 6.07) is 7.42. The van der Waals surface area contributed by atoms with Crippen LogP contribution < -0.4 is 5.73 Å². The fourth-order valence-electron chi connectivity index (χ4n) is 2.13. The fourth-order valence-corrected chi connectivity index (χ4v) is 2.13. The first kappa shape index (κ1) is 13.4. The molecule has 2 aromatic heterocycles. The zero-order chi connectivity index (χ0) is 15.2. The first-order chi connectivity index (χ1) is 9.88. The van der Waals surface area contributed by atoms with Gasteiger partial charge in [0.1, 0.15) is 17.3 Å². The highest BCUT2D eigenvalue weighted by Crippen LogP contribution is 2.35. The first-order valence-electron chi connectivity index (χ1n) is 5.97. The van der Waals surface area contributed by atoms with Gasteiger partial charge in [0.25, 0.3) is 0 Å². The smallest absolute Gasteiger partial charge is 0.383 e. The maximum Gasteiger partial charge on any atom is 0.419 e. The van der Waals surface area contributed by atoms with Crippen LogP contribution in [0.3, 0.4) is 0 Å². The van der Waals surface area contributed by atoms with E-state index in [0.717, 1.165) is 6.07 Å². The summed E-state index contributed by atoms with van der Waals surface area (Å²) in [6.07, 6.45) is -3.12. The molecule has 7 heteroatoms. The van der Waals surface area contributed by atoms with Crippen molar-refractivity contribution in [1.29, 1.82) is 0 Å². The molecule has 0 aliphatic rings. The molecule has 108 valence electrons. The van der Waals surface area contributed by atoms with Crippen molar-refractivity contribution in [3.8, 4) is 11.3 Å². The predicted octanol–water partition coefficient (Wildman–Crippen LogP) is 3.74. The number of hydrogen-bond donors (Lipinski definition) is 1. The number of fused-ring (bicyclic) bond motifs is 1. The molecule has 2 heterocycles. The maximum absolute atomic E-state index is 13.0. The lowest BCUT2D eigenvalue weighted by Gasteiger charge is -2.07. The van der Waals surface area contributed by atoms with E-state index in [2.05, 4.69) is 4.98 Å². The molecule has 0 saturated carbocycles. The fraction of sp³-hybridized carbons (Fsp3) is 0.0714. The number of hydrogen-bond acceptors (Lipinski definition) is 2. The molecule has 0 saturated heterocycles. The Balaban J connectivity index is 2.27. The van der Waals surface area contributed by atoms with Crippen molar-refractivity contribution in [2.24, 2.45) is 0 Å². The highest BCUT2D eigenvalue weighted by Gasteiger charge is 2.34. The Kier molecular flexibility index (Phi) is 2.86. The van der Waals surface area contributed by atoms with E-state index in [-0.39, 0.29) is 17.2 Å². The normalized spacial score (nSPS) is 12.0. The molecule has 3 nitrogen and oxygen atoms in total. The molecule has 0 fully saturated rings. The van der Waals surface area contributed by atoms with Gasteiger partial charge in [-0.1, -0.05) is 0 Å². The van der Waals surface area contributed by atoms with Gasteiger partial charge in [-0.05, 0) is 36.4 Å². The molecule has 0 amide bonds. The van der Waals surface area contributed by atoms with Crippen LogP contribution in [0.4, 0.5) is 23.4 Å². The van der Waals surface area contributed by atoms with E-state index in [1.807, 2.05) is 0 Å². The molecule has 0 atom stereocenters. The minimum atomic E-state index is -4.53. The molecule has 0 aliphatic heterocycles. The van der Waals surface area contributed by atoms with Crippen LogP contribution in [-0.4, -0.2) is 9.38 Å². The Hall–Kier alpha value is -2.57. The number of halogens is 4. The zero-order valence-electron chi connectivity index (χ0n) is 10.5. The SMILES string of the molecule is Nc1c(-c2ccc(F)cc2)nc2c(C(F)(F)F)cccn12. The Morgan fingerprint density at radius 1 is 1.05 bits per heavy atom. The van der Waals surface area contributed by atoms with Crippen molar-refractivity contribution in [3.05, 3.63) is 54.0 Å². The van der Waals surface area contributed by atoms with E-state index in [1.54, 1.807) is 0 Å². The summed E-state index contributed by atoms with van der Waals surface area (Å²) >= 11 is 0. The summed E-state index contributed by atoms with van der Waals surface area (Å²) in [5.74, 6) is -0.375. The molecule has 2 N–H and O–H groups in total. The molecular weight excluding hydrogens is 286 g/mol. The Morgan fingerprint density at radius 2 is 1.71 bits per heavy atom. The van der Waals surface area contributed by atoms with Gasteiger partial charge in [0.2, 0.25) is 0 Å². The molecule has 0 bridgehead atoms. The van der Waals surface area contributed by atoms with Gasteiger partial charge >= 0.3 is 6.18 Å². The zero-order valence-corrected chi connectivity index (χ0v) is 10.5. The molecule has 1 aromatic carbocycles. The van der Waals surface area contributed by atoms with E-state index < -0.39 is 17.6 Å². The molecule has 0 spiro atoms. The van der Waals surface area contributed by atoms with Gasteiger partial charge < -0.3 is 5.73 Å². The highest BCUT2D eigenvalue weighted by atomic mass is 19.4. The predicted molar refractivity (Wildman–Crippen MR) is 70.0 cm³/mol. The van der Waals surface area contributed by atoms with Crippen LogP contribution in [0.15, 0.2) is 42.6 Å². The molecule has 21 heavy (non-hydrogen) atoms. The van der Waals surface area contributed by atoms with Crippen LogP contribution >= 0.6 is 0 Å². The van der Waals surface area contributed by atoms with E-state index in [0.29, 0.717) is 5.56 Å². The van der Waals surface area contributed by atoms with Crippen molar-refractivity contribution < 1.29 is 17.6 Å². The van der Waals surface area contributed by atoms with E-state index >= 15 is 0 Å². The van der Waals surface area contributed by atoms with Gasteiger partial charge in [0.05, 0.1) is 5.56 Å². The van der Waals surface area contributed by atoms with Crippen LogP contribution in [0.5, 0.6) is 0 Å². The van der Waals surface area contributed by atoms with Crippen molar-refractivity contribution >= 4 is 11.5 Å². The van der Waals surface area contributed by atoms with E-state index in [9.17, 15) is 17.6 Å². The van der Waals surface area contributed by atoms with Gasteiger partial charge in [0.15, 0.2) is 5.65 Å². The second-order valence-corrected chi connectivity index (χ2v) is 4.47. The second-order valence-electron chi connectivity index (χ2n) is 4.47. The molecule has 3 aromatic rings. The summed E-state index contributed by atoms with van der Waals surface area (Å²) in [7, 11) is 0. The summed E-state index contributed by atoms with van der Waals surface area (Å²) in [6.45, 7) is 0. The van der Waals surface area contributed by atoms with Gasteiger partial charge in [0, 0.05) is 11.8 Å². The summed E-state index contributed by atoms with van der Waals surface area (Å²) in [4.78, 5) is 3.97. The van der Waals surface area contributed by atoms with Crippen LogP contribution in [0.2, 0.25) is 0 Å². The lowest BCUT2D eigenvalue weighted by Crippen LogP contribution is -2.07. The van der Waals surface area contributed by atoms with Crippen LogP contribution in [0, 0.1) is 5.82 Å². The number of nitrogen functional groups attached to an aromatic ring is 1. The quantitative estimate of drug-likeness (QED) is 0.695. The Morgan fingerprint density at radius 3 is 2.33 bits per heavy atom. The topological polar surface area (TPSA) is 43.3 Å². The van der Waals surface area contributed by atoms with Gasteiger partial charge in [-0.2, -0.15) is 13.2 Å². The number of rotatable bonds is 1. The van der Waals surface area contributed by atoms with E-state index in [4.69, 9.17) is 5.73 Å². The Bertz CT molecular complexity index is 803. The maximum atomic E-state index is 13.0. The van der Waals surface area contributed by atoms with Crippen LogP contribution in [0.25, 0.3) is 16.9 Å². The number of nitrogens with zero attached hydrogens (tertiary/aromatic N) is 2. The number of nitrogens with two attached hydrogens (primary N) is 1. The number of anilines is 1. The summed E-state index contributed by atoms with van der Waals surface area (Å²) in [5.41, 5.74) is 5.35. The summed E-state index contributed by atoms with van der Waals surface area (Å²) in [5, 5.41) is 0. The minimum Gasteiger partial charge on any atom is -0.383 e. The van der Waals surface area contributed by atoms with Crippen molar-refractivity contribution in [3.63, 3.8) is 0 Å². The third-order valence-electron chi connectivity index (χ3n) is 3.11. The van der Waals surface area contributed by atoms with Gasteiger partial charge in [-0.25, -0.2) is 9.37 Å². The third kappa shape index (κ3) is 2.20. The van der Waals surface area contributed by atoms with Gasteiger partial charge in [-0.15, -0.1) is 0 Å². The average Bonchev–Trinajstić information content (AvgIpc) is 2.76. The molecule has 3 rings (SSSR count). The number of alkyl halides is 3. The lowest BCUT2D eigenvalue weighted by atomic mass is 10.1. The number of benzene rings is 1. The minimum absolute atomic E-state index is 0.0720. The first-order valence-corrected chi connectivity index (χ1v) is 5.97. The van der Waals surface area contributed by atoms with Gasteiger partial charge in [-0.3, -0.25) is 4.40 Å². The van der Waals surface area contributed by atoms with Crippen molar-refractivity contribution in [2.75, 3.05) is 5.73 Å². The van der Waals surface area contributed by atoms with Crippen molar-refractivity contribution in [2.45, 2.75) is 6.18 Å². The number of aromatic nitrogens is 2. The average molecular weight is 295 g/mol. The molecule has 0 aliphatic carbocycles. The Labute approximate surface area is 116 Å². The van der Waals surface area contributed by atoms with Crippen LogP contribution in [0.1, 0.15) is 5.56 Å².